The maximum absolute atomic E-state index is 13.5. The number of hydrogen-bond acceptors (Lipinski definition) is 18. The third-order valence-electron chi connectivity index (χ3n) is 21.7. The molecule has 3 aliphatic rings. The van der Waals surface area contributed by atoms with Gasteiger partial charge in [-0.25, -0.2) is 0 Å². The molecule has 104 heavy (non-hydrogen) atoms. The second-order valence-corrected chi connectivity index (χ2v) is 31.0. The molecule has 3 saturated heterocycles. The van der Waals surface area contributed by atoms with Crippen LogP contribution in [0.15, 0.2) is 36.5 Å². The van der Waals surface area contributed by atoms with Gasteiger partial charge in [0.15, 0.2) is 18.9 Å². The molecule has 1 amide bonds. The molecule has 17 unspecified atom stereocenters. The Morgan fingerprint density at radius 1 is 0.337 bits per heavy atom. The SMILES string of the molecule is CCCCCCCCCCCCCCCCCCC/C=C/CC/C=C/CC/C=C/C(O)C(COC1OC(CO)C(OC2OC(CO)C(OC3OC(CO)C(O)C(O)C3O)C(O)C2O)C(O)C1O)NC(=O)CCCCCCCCCCCCCCCCCCCCCCCCCCCCCCCCCC. The summed E-state index contributed by atoms with van der Waals surface area (Å²) < 4.78 is 34.5. The fraction of sp³-hybridized carbons (Fsp3) is 0.918. The Labute approximate surface area is 631 Å². The zero-order valence-corrected chi connectivity index (χ0v) is 65.8. The van der Waals surface area contributed by atoms with Crippen molar-refractivity contribution in [2.75, 3.05) is 26.4 Å². The topological polar surface area (TPSA) is 307 Å². The number of ether oxygens (including phenoxy) is 6. The van der Waals surface area contributed by atoms with E-state index in [1.54, 1.807) is 6.08 Å². The van der Waals surface area contributed by atoms with Gasteiger partial charge >= 0.3 is 0 Å². The molecule has 0 bridgehead atoms. The number of nitrogens with one attached hydrogen (secondary N) is 1. The van der Waals surface area contributed by atoms with Crippen LogP contribution >= 0.6 is 0 Å². The first-order valence-electron chi connectivity index (χ1n) is 43.2. The predicted octanol–water partition coefficient (Wildman–Crippen LogP) is 15.5. The lowest BCUT2D eigenvalue weighted by atomic mass is 9.96. The van der Waals surface area contributed by atoms with Crippen LogP contribution in [0.5, 0.6) is 0 Å². The first-order valence-corrected chi connectivity index (χ1v) is 43.2. The summed E-state index contributed by atoms with van der Waals surface area (Å²) in [7, 11) is 0. The van der Waals surface area contributed by atoms with Crippen molar-refractivity contribution < 1.29 is 89.4 Å². The number of hydrogen-bond donors (Lipinski definition) is 12. The molecule has 0 aromatic rings. The molecule has 12 N–H and O–H groups in total. The smallest absolute Gasteiger partial charge is 0.220 e. The highest BCUT2D eigenvalue weighted by Crippen LogP contribution is 2.33. The van der Waals surface area contributed by atoms with Gasteiger partial charge < -0.3 is 89.9 Å². The summed E-state index contributed by atoms with van der Waals surface area (Å²) in [4.78, 5) is 13.5. The lowest BCUT2D eigenvalue weighted by Crippen LogP contribution is -2.66. The molecule has 0 aliphatic carbocycles. The standard InChI is InChI=1S/C85H159NO18/c1-3-5-7-9-11-13-15-17-19-21-23-25-27-29-31-32-33-34-35-37-39-41-43-45-47-49-51-53-55-57-59-61-63-73(91)86-68(69(90)62-60-58-56-54-52-50-48-46-44-42-40-38-36-30-28-26-24-22-20-18-16-14-12-10-8-6-4-2)67-99-83-79(97)76(94)81(71(65-88)101-83)104-85-80(98)77(95)82(72(66-89)102-85)103-84-78(96)75(93)74(92)70(64-87)100-84/h44,46,52,54,60,62,68-72,74-85,87-90,92-98H,3-43,45,47-51,53,55-59,61,63-67H2,1-2H3,(H,86,91)/b46-44+,54-52+,62-60+. The van der Waals surface area contributed by atoms with Crippen molar-refractivity contribution in [3.63, 3.8) is 0 Å². The van der Waals surface area contributed by atoms with Gasteiger partial charge in [0.1, 0.15) is 73.2 Å². The van der Waals surface area contributed by atoms with E-state index < -0.39 is 124 Å². The fourth-order valence-electron chi connectivity index (χ4n) is 14.8. The van der Waals surface area contributed by atoms with Crippen LogP contribution < -0.4 is 5.32 Å². The van der Waals surface area contributed by atoms with E-state index in [0.29, 0.717) is 12.8 Å². The lowest BCUT2D eigenvalue weighted by Gasteiger charge is -2.48. The van der Waals surface area contributed by atoms with E-state index in [-0.39, 0.29) is 18.9 Å². The van der Waals surface area contributed by atoms with E-state index in [2.05, 4.69) is 43.5 Å². The summed E-state index contributed by atoms with van der Waals surface area (Å²) in [6.45, 7) is 1.78. The number of unbranched alkanes of at least 4 members (excludes halogenated alkanes) is 50. The number of aliphatic hydroxyl groups is 11. The van der Waals surface area contributed by atoms with Crippen LogP contribution in [0.3, 0.4) is 0 Å². The summed E-state index contributed by atoms with van der Waals surface area (Å²) in [5, 5.41) is 121. The monoisotopic (exact) mass is 1480 g/mol. The molecule has 0 aromatic carbocycles. The van der Waals surface area contributed by atoms with Crippen molar-refractivity contribution in [2.45, 2.75) is 471 Å². The van der Waals surface area contributed by atoms with Crippen molar-refractivity contribution in [3.8, 4) is 0 Å². The Morgan fingerprint density at radius 2 is 0.615 bits per heavy atom. The fourth-order valence-corrected chi connectivity index (χ4v) is 14.8. The molecule has 3 heterocycles. The molecule has 0 saturated carbocycles. The highest BCUT2D eigenvalue weighted by molar-refractivity contribution is 5.76. The van der Waals surface area contributed by atoms with Gasteiger partial charge in [0.25, 0.3) is 0 Å². The minimum Gasteiger partial charge on any atom is -0.394 e. The van der Waals surface area contributed by atoms with Crippen LogP contribution in [0, 0.1) is 0 Å². The molecule has 19 heteroatoms. The number of allylic oxidation sites excluding steroid dienone is 5. The normalized spacial score (nSPS) is 26.0. The number of carbonyl (C=O) groups excluding carboxylic acids is 1. The summed E-state index contributed by atoms with van der Waals surface area (Å²) in [6, 6.07) is -0.996. The molecule has 0 aromatic heterocycles. The first kappa shape index (κ1) is 96.2. The molecular formula is C85H159NO18. The summed E-state index contributed by atoms with van der Waals surface area (Å²) in [5.74, 6) is -0.282. The predicted molar refractivity (Wildman–Crippen MR) is 416 cm³/mol. The molecule has 3 rings (SSSR count). The van der Waals surface area contributed by atoms with E-state index in [1.807, 2.05) is 6.08 Å². The average Bonchev–Trinajstić information content (AvgIpc) is 0.772. The van der Waals surface area contributed by atoms with E-state index in [9.17, 15) is 61.0 Å². The van der Waals surface area contributed by atoms with Crippen LogP contribution in [0.2, 0.25) is 0 Å². The first-order chi connectivity index (χ1) is 50.8. The van der Waals surface area contributed by atoms with E-state index >= 15 is 0 Å². The zero-order valence-electron chi connectivity index (χ0n) is 65.8. The van der Waals surface area contributed by atoms with E-state index in [4.69, 9.17) is 28.4 Å². The molecule has 3 aliphatic heterocycles. The molecule has 19 nitrogen and oxygen atoms in total. The van der Waals surface area contributed by atoms with E-state index in [1.165, 1.54) is 289 Å². The Bertz CT molecular complexity index is 2020. The van der Waals surface area contributed by atoms with Crippen molar-refractivity contribution in [1.82, 2.24) is 5.32 Å². The second-order valence-electron chi connectivity index (χ2n) is 31.0. The minimum absolute atomic E-state index is 0.237. The van der Waals surface area contributed by atoms with Gasteiger partial charge in [-0.15, -0.1) is 0 Å². The van der Waals surface area contributed by atoms with Crippen molar-refractivity contribution in [1.29, 1.82) is 0 Å². The lowest BCUT2D eigenvalue weighted by molar-refractivity contribution is -0.379. The quantitative estimate of drug-likeness (QED) is 0.0199. The zero-order chi connectivity index (χ0) is 75.3. The third-order valence-corrected chi connectivity index (χ3v) is 21.7. The van der Waals surface area contributed by atoms with Gasteiger partial charge in [-0.2, -0.15) is 0 Å². The molecule has 0 spiro atoms. The Balaban J connectivity index is 1.36. The van der Waals surface area contributed by atoms with E-state index in [0.717, 1.165) is 44.9 Å². The summed E-state index contributed by atoms with van der Waals surface area (Å²) in [6.07, 6.45) is 55.9. The van der Waals surface area contributed by atoms with Crippen LogP contribution in [0.25, 0.3) is 0 Å². The molecule has 612 valence electrons. The second kappa shape index (κ2) is 65.7. The maximum Gasteiger partial charge on any atom is 0.220 e. The molecule has 0 radical (unpaired) electrons. The van der Waals surface area contributed by atoms with Crippen LogP contribution in [-0.4, -0.2) is 193 Å². The number of carbonyl (C=O) groups is 1. The van der Waals surface area contributed by atoms with Gasteiger partial charge in [0, 0.05) is 6.42 Å². The van der Waals surface area contributed by atoms with Crippen LogP contribution in [0.4, 0.5) is 0 Å². The minimum atomic E-state index is -1.98. The Kier molecular flexibility index (Phi) is 60.8. The number of aliphatic hydroxyl groups excluding tert-OH is 11. The summed E-state index contributed by atoms with van der Waals surface area (Å²) >= 11 is 0. The van der Waals surface area contributed by atoms with Crippen molar-refractivity contribution >= 4 is 5.91 Å². The van der Waals surface area contributed by atoms with Gasteiger partial charge in [0.2, 0.25) is 5.91 Å². The van der Waals surface area contributed by atoms with Crippen molar-refractivity contribution in [3.05, 3.63) is 36.5 Å². The largest absolute Gasteiger partial charge is 0.394 e. The van der Waals surface area contributed by atoms with Crippen LogP contribution in [0.1, 0.15) is 367 Å². The van der Waals surface area contributed by atoms with Gasteiger partial charge in [-0.3, -0.25) is 4.79 Å². The molecule has 17 atom stereocenters. The number of amides is 1. The third kappa shape index (κ3) is 44.8. The maximum atomic E-state index is 13.5. The highest BCUT2D eigenvalue weighted by atomic mass is 16.8. The van der Waals surface area contributed by atoms with Gasteiger partial charge in [0.05, 0.1) is 38.6 Å². The molecular weight excluding hydrogens is 1320 g/mol. The van der Waals surface area contributed by atoms with Gasteiger partial charge in [-0.05, 0) is 44.9 Å². The summed E-state index contributed by atoms with van der Waals surface area (Å²) in [5.41, 5.74) is 0. The Hall–Kier alpha value is -1.99. The van der Waals surface area contributed by atoms with Crippen molar-refractivity contribution in [2.24, 2.45) is 0 Å². The highest BCUT2D eigenvalue weighted by Gasteiger charge is 2.54. The van der Waals surface area contributed by atoms with Crippen LogP contribution in [-0.2, 0) is 33.2 Å². The Morgan fingerprint density at radius 3 is 0.962 bits per heavy atom. The average molecular weight is 1480 g/mol. The van der Waals surface area contributed by atoms with Gasteiger partial charge in [-0.1, -0.05) is 352 Å². The number of rotatable bonds is 70. The molecule has 3 fully saturated rings.